The zero-order valence-electron chi connectivity index (χ0n) is 11.2. The highest BCUT2D eigenvalue weighted by molar-refractivity contribution is 5.93. The first-order valence-electron chi connectivity index (χ1n) is 5.84. The Kier molecular flexibility index (Phi) is 3.93. The second-order valence-corrected chi connectivity index (χ2v) is 5.44. The molecule has 1 rings (SSSR count). The number of carbonyl (C=O) groups is 1. The fourth-order valence-electron chi connectivity index (χ4n) is 1.59. The number of nitrogens with zero attached hydrogens (tertiary/aromatic N) is 1. The Morgan fingerprint density at radius 3 is 2.53 bits per heavy atom. The molecule has 1 amide bonds. The molecule has 5 heteroatoms. The van der Waals surface area contributed by atoms with Crippen LogP contribution in [0.3, 0.4) is 0 Å². The highest BCUT2D eigenvalue weighted by Crippen LogP contribution is 2.18. The van der Waals surface area contributed by atoms with Crippen LogP contribution in [0.5, 0.6) is 0 Å². The summed E-state index contributed by atoms with van der Waals surface area (Å²) in [6, 6.07) is 0. The molecule has 17 heavy (non-hydrogen) atoms. The van der Waals surface area contributed by atoms with Gasteiger partial charge in [-0.1, -0.05) is 13.8 Å². The van der Waals surface area contributed by atoms with Gasteiger partial charge in [-0.05, 0) is 26.7 Å². The average Bonchev–Trinajstić information content (AvgIpc) is 2.55. The van der Waals surface area contributed by atoms with Crippen LogP contribution in [0.25, 0.3) is 0 Å². The van der Waals surface area contributed by atoms with Crippen LogP contribution in [0.4, 0.5) is 0 Å². The Bertz CT molecular complexity index is 401. The fourth-order valence-corrected chi connectivity index (χ4v) is 1.59. The van der Waals surface area contributed by atoms with Crippen LogP contribution in [-0.2, 0) is 0 Å². The van der Waals surface area contributed by atoms with Crippen molar-refractivity contribution < 1.29 is 4.79 Å². The number of hydrogen-bond acceptors (Lipinski definition) is 3. The van der Waals surface area contributed by atoms with Crippen molar-refractivity contribution in [1.82, 2.24) is 15.5 Å². The van der Waals surface area contributed by atoms with Crippen LogP contribution in [0.2, 0.25) is 0 Å². The molecule has 0 saturated carbocycles. The number of aromatic nitrogens is 2. The summed E-state index contributed by atoms with van der Waals surface area (Å²) in [5.74, 6) is 0.152. The van der Waals surface area contributed by atoms with Gasteiger partial charge in [0.1, 0.15) is 0 Å². The minimum atomic E-state index is -0.416. The fraction of sp³-hybridized carbons (Fsp3) is 0.667. The number of nitrogens with two attached hydrogens (primary N) is 1. The molecule has 0 aliphatic heterocycles. The van der Waals surface area contributed by atoms with E-state index in [9.17, 15) is 4.79 Å². The van der Waals surface area contributed by atoms with Gasteiger partial charge in [0.15, 0.2) is 5.69 Å². The van der Waals surface area contributed by atoms with Gasteiger partial charge in [-0.15, -0.1) is 0 Å². The van der Waals surface area contributed by atoms with Crippen molar-refractivity contribution in [1.29, 1.82) is 0 Å². The molecule has 0 bridgehead atoms. The third-order valence-electron chi connectivity index (χ3n) is 2.54. The van der Waals surface area contributed by atoms with Crippen LogP contribution in [-0.4, -0.2) is 28.2 Å². The maximum atomic E-state index is 11.9. The van der Waals surface area contributed by atoms with Crippen LogP contribution >= 0.6 is 0 Å². The maximum absolute atomic E-state index is 11.9. The number of amides is 1. The van der Waals surface area contributed by atoms with Gasteiger partial charge in [-0.25, -0.2) is 0 Å². The molecular formula is C12H22N4O. The largest absolute Gasteiger partial charge is 0.349 e. The van der Waals surface area contributed by atoms with Crippen molar-refractivity contribution in [2.75, 3.05) is 6.54 Å². The summed E-state index contributed by atoms with van der Waals surface area (Å²) < 4.78 is 0. The summed E-state index contributed by atoms with van der Waals surface area (Å²) in [7, 11) is 0. The lowest BCUT2D eigenvalue weighted by Gasteiger charge is -2.18. The highest BCUT2D eigenvalue weighted by atomic mass is 16.1. The van der Waals surface area contributed by atoms with E-state index < -0.39 is 5.54 Å². The first-order valence-corrected chi connectivity index (χ1v) is 5.84. The molecule has 0 aromatic carbocycles. The molecule has 4 N–H and O–H groups in total. The molecule has 0 spiro atoms. The molecular weight excluding hydrogens is 216 g/mol. The Morgan fingerprint density at radius 1 is 1.53 bits per heavy atom. The van der Waals surface area contributed by atoms with Crippen LogP contribution in [0.1, 0.15) is 55.4 Å². The molecule has 1 aromatic rings. The van der Waals surface area contributed by atoms with Crippen LogP contribution in [0.15, 0.2) is 0 Å². The summed E-state index contributed by atoms with van der Waals surface area (Å²) >= 11 is 0. The predicted octanol–water partition coefficient (Wildman–Crippen LogP) is 1.31. The van der Waals surface area contributed by atoms with Gasteiger partial charge < -0.3 is 11.1 Å². The summed E-state index contributed by atoms with van der Waals surface area (Å²) in [4.78, 5) is 11.9. The molecule has 1 aromatic heterocycles. The zero-order valence-corrected chi connectivity index (χ0v) is 11.2. The molecule has 1 heterocycles. The van der Waals surface area contributed by atoms with Crippen molar-refractivity contribution in [3.8, 4) is 0 Å². The van der Waals surface area contributed by atoms with Gasteiger partial charge in [0.25, 0.3) is 5.91 Å². The van der Waals surface area contributed by atoms with Crippen molar-refractivity contribution in [2.24, 2.45) is 5.73 Å². The van der Waals surface area contributed by atoms with E-state index in [2.05, 4.69) is 29.4 Å². The van der Waals surface area contributed by atoms with Crippen LogP contribution < -0.4 is 11.1 Å². The molecule has 0 saturated heterocycles. The monoisotopic (exact) mass is 238 g/mol. The second-order valence-electron chi connectivity index (χ2n) is 5.44. The first kappa shape index (κ1) is 13.7. The Balaban J connectivity index is 2.77. The van der Waals surface area contributed by atoms with Gasteiger partial charge in [-0.3, -0.25) is 9.89 Å². The quantitative estimate of drug-likeness (QED) is 0.739. The van der Waals surface area contributed by atoms with Crippen molar-refractivity contribution in [3.63, 3.8) is 0 Å². The lowest BCUT2D eigenvalue weighted by Crippen LogP contribution is -2.45. The van der Waals surface area contributed by atoms with Crippen molar-refractivity contribution in [3.05, 3.63) is 17.0 Å². The van der Waals surface area contributed by atoms with Gasteiger partial charge in [-0.2, -0.15) is 5.10 Å². The van der Waals surface area contributed by atoms with E-state index in [0.717, 1.165) is 11.3 Å². The van der Waals surface area contributed by atoms with E-state index in [1.165, 1.54) is 0 Å². The summed E-state index contributed by atoms with van der Waals surface area (Å²) in [5, 5.41) is 9.75. The number of H-pyrrole nitrogens is 1. The molecule has 0 fully saturated rings. The SMILES string of the molecule is Cc1c(C(=O)NCC(C)(C)N)n[nH]c1C(C)C. The molecule has 96 valence electrons. The average molecular weight is 238 g/mol. The Labute approximate surface area is 102 Å². The smallest absolute Gasteiger partial charge is 0.272 e. The first-order chi connectivity index (χ1) is 7.72. The molecule has 0 aliphatic rings. The van der Waals surface area contributed by atoms with E-state index in [0.29, 0.717) is 18.2 Å². The van der Waals surface area contributed by atoms with E-state index >= 15 is 0 Å². The standard InChI is InChI=1S/C12H22N4O/c1-7(2)9-8(3)10(16-15-9)11(17)14-6-12(4,5)13/h7H,6,13H2,1-5H3,(H,14,17)(H,15,16). The molecule has 0 unspecified atom stereocenters. The molecule has 5 nitrogen and oxygen atoms in total. The number of nitrogens with one attached hydrogen (secondary N) is 2. The van der Waals surface area contributed by atoms with E-state index in [1.807, 2.05) is 20.8 Å². The summed E-state index contributed by atoms with van der Waals surface area (Å²) in [6.45, 7) is 10.2. The highest BCUT2D eigenvalue weighted by Gasteiger charge is 2.19. The normalized spacial score (nSPS) is 11.9. The predicted molar refractivity (Wildman–Crippen MR) is 68.0 cm³/mol. The third-order valence-corrected chi connectivity index (χ3v) is 2.54. The molecule has 0 aliphatic carbocycles. The topological polar surface area (TPSA) is 83.8 Å². The third kappa shape index (κ3) is 3.56. The lowest BCUT2D eigenvalue weighted by molar-refractivity contribution is 0.0940. The summed E-state index contributed by atoms with van der Waals surface area (Å²) in [6.07, 6.45) is 0. The minimum Gasteiger partial charge on any atom is -0.349 e. The summed E-state index contributed by atoms with van der Waals surface area (Å²) in [5.41, 5.74) is 7.76. The van der Waals surface area contributed by atoms with Crippen molar-refractivity contribution in [2.45, 2.75) is 46.1 Å². The number of aromatic amines is 1. The second kappa shape index (κ2) is 4.87. The van der Waals surface area contributed by atoms with Crippen LogP contribution in [0, 0.1) is 6.92 Å². The van der Waals surface area contributed by atoms with E-state index in [1.54, 1.807) is 0 Å². The van der Waals surface area contributed by atoms with Gasteiger partial charge >= 0.3 is 0 Å². The molecule has 0 radical (unpaired) electrons. The van der Waals surface area contributed by atoms with Gasteiger partial charge in [0.2, 0.25) is 0 Å². The Morgan fingerprint density at radius 2 is 2.12 bits per heavy atom. The maximum Gasteiger partial charge on any atom is 0.272 e. The van der Waals surface area contributed by atoms with E-state index in [-0.39, 0.29) is 5.91 Å². The molecule has 0 atom stereocenters. The number of hydrogen-bond donors (Lipinski definition) is 3. The van der Waals surface area contributed by atoms with Crippen molar-refractivity contribution >= 4 is 5.91 Å². The zero-order chi connectivity index (χ0) is 13.2. The van der Waals surface area contributed by atoms with Gasteiger partial charge in [0.05, 0.1) is 0 Å². The number of carbonyl (C=O) groups excluding carboxylic acids is 1. The van der Waals surface area contributed by atoms with Gasteiger partial charge in [0, 0.05) is 23.3 Å². The van der Waals surface area contributed by atoms with E-state index in [4.69, 9.17) is 5.73 Å². The lowest BCUT2D eigenvalue weighted by atomic mass is 10.0. The number of rotatable bonds is 4. The minimum absolute atomic E-state index is 0.177. The Hall–Kier alpha value is -1.36.